The second-order valence-electron chi connectivity index (χ2n) is 8.56. The first-order chi connectivity index (χ1) is 17.9. The smallest absolute Gasteiger partial charge is 0.335 e. The Morgan fingerprint density at radius 1 is 0.946 bits per heavy atom. The molecule has 37 heavy (non-hydrogen) atoms. The molecule has 5 rings (SSSR count). The van der Waals surface area contributed by atoms with Crippen LogP contribution in [0.15, 0.2) is 76.1 Å². The quantitative estimate of drug-likeness (QED) is 0.488. The lowest BCUT2D eigenvalue weighted by Gasteiger charge is -2.36. The molecule has 2 fully saturated rings. The number of rotatable bonds is 6. The number of benzene rings is 2. The van der Waals surface area contributed by atoms with Crippen molar-refractivity contribution in [1.29, 1.82) is 0 Å². The summed E-state index contributed by atoms with van der Waals surface area (Å²) in [6.07, 6.45) is 1.46. The molecule has 3 amide bonds. The summed E-state index contributed by atoms with van der Waals surface area (Å²) in [6, 6.07) is 19.6. The molecule has 2 aliphatic rings. The van der Waals surface area contributed by atoms with Crippen LogP contribution in [0.4, 0.5) is 10.5 Å². The van der Waals surface area contributed by atoms with Crippen molar-refractivity contribution < 1.29 is 28.7 Å². The molecule has 1 N–H and O–H groups in total. The molecule has 0 aliphatic carbocycles. The Bertz CT molecular complexity index is 1390. The molecule has 3 heterocycles. The van der Waals surface area contributed by atoms with E-state index in [1.807, 2.05) is 30.3 Å². The van der Waals surface area contributed by atoms with Crippen LogP contribution in [0.5, 0.6) is 0 Å². The maximum atomic E-state index is 12.9. The van der Waals surface area contributed by atoms with Gasteiger partial charge in [-0.25, -0.2) is 4.79 Å². The van der Waals surface area contributed by atoms with Crippen LogP contribution in [0.25, 0.3) is 17.4 Å². The van der Waals surface area contributed by atoms with E-state index in [2.05, 4.69) is 4.90 Å². The van der Waals surface area contributed by atoms with Crippen molar-refractivity contribution in [2.45, 2.75) is 0 Å². The number of aromatic carboxylic acids is 1. The highest BCUT2D eigenvalue weighted by Gasteiger charge is 2.37. The number of hydrogen-bond donors (Lipinski definition) is 1. The molecule has 188 valence electrons. The maximum Gasteiger partial charge on any atom is 0.335 e. The van der Waals surface area contributed by atoms with Crippen molar-refractivity contribution in [2.24, 2.45) is 0 Å². The number of para-hydroxylation sites is 1. The fourth-order valence-electron chi connectivity index (χ4n) is 4.24. The summed E-state index contributed by atoms with van der Waals surface area (Å²) >= 11 is 0.756. The molecule has 0 saturated carbocycles. The van der Waals surface area contributed by atoms with Crippen LogP contribution in [0.3, 0.4) is 0 Å². The highest BCUT2D eigenvalue weighted by Crippen LogP contribution is 2.33. The minimum atomic E-state index is -1.05. The summed E-state index contributed by atoms with van der Waals surface area (Å²) in [6.45, 7) is 2.07. The number of nitrogens with zero attached hydrogens (tertiary/aromatic N) is 3. The second kappa shape index (κ2) is 10.4. The fraction of sp³-hybridized carbons (Fsp3) is 0.185. The summed E-state index contributed by atoms with van der Waals surface area (Å²) in [5.41, 5.74) is 1.80. The molecule has 3 aromatic rings. The molecule has 10 heteroatoms. The Morgan fingerprint density at radius 2 is 1.70 bits per heavy atom. The molecule has 2 aliphatic heterocycles. The molecule has 0 atom stereocenters. The lowest BCUT2D eigenvalue weighted by atomic mass is 10.1. The third-order valence-electron chi connectivity index (χ3n) is 6.21. The van der Waals surface area contributed by atoms with Crippen LogP contribution in [0.1, 0.15) is 16.1 Å². The number of furan rings is 1. The van der Waals surface area contributed by atoms with Gasteiger partial charge in [-0.3, -0.25) is 19.3 Å². The van der Waals surface area contributed by atoms with Crippen molar-refractivity contribution in [3.05, 3.63) is 83.0 Å². The lowest BCUT2D eigenvalue weighted by Crippen LogP contribution is -2.51. The summed E-state index contributed by atoms with van der Waals surface area (Å²) in [7, 11) is 0. The number of carboxylic acids is 1. The molecular weight excluding hydrogens is 494 g/mol. The van der Waals surface area contributed by atoms with Crippen molar-refractivity contribution >= 4 is 46.5 Å². The monoisotopic (exact) mass is 517 g/mol. The van der Waals surface area contributed by atoms with Crippen LogP contribution < -0.4 is 4.90 Å². The largest absolute Gasteiger partial charge is 0.478 e. The van der Waals surface area contributed by atoms with E-state index in [4.69, 9.17) is 4.42 Å². The number of anilines is 1. The normalized spacial score (nSPS) is 17.1. The first kappa shape index (κ1) is 24.4. The SMILES string of the molecule is O=C(O)c1cccc(-c2ccc(/C=C3\SC(=O)N(CC(=O)N4CCN(c5ccccc5)CC4)C3=O)o2)c1. The molecule has 1 aromatic heterocycles. The van der Waals surface area contributed by atoms with E-state index < -0.39 is 17.1 Å². The van der Waals surface area contributed by atoms with Crippen LogP contribution >= 0.6 is 11.8 Å². The highest BCUT2D eigenvalue weighted by atomic mass is 32.2. The lowest BCUT2D eigenvalue weighted by molar-refractivity contribution is -0.136. The first-order valence-corrected chi connectivity index (χ1v) is 12.5. The Kier molecular flexibility index (Phi) is 6.82. The number of imide groups is 1. The number of hydrogen-bond acceptors (Lipinski definition) is 7. The van der Waals surface area contributed by atoms with Crippen molar-refractivity contribution in [3.63, 3.8) is 0 Å². The Balaban J connectivity index is 1.21. The van der Waals surface area contributed by atoms with E-state index in [1.165, 1.54) is 18.2 Å². The van der Waals surface area contributed by atoms with E-state index in [-0.39, 0.29) is 22.9 Å². The van der Waals surface area contributed by atoms with Crippen molar-refractivity contribution in [3.8, 4) is 11.3 Å². The van der Waals surface area contributed by atoms with E-state index in [9.17, 15) is 24.3 Å². The van der Waals surface area contributed by atoms with Gasteiger partial charge in [-0.05, 0) is 48.2 Å². The van der Waals surface area contributed by atoms with Gasteiger partial charge in [0.15, 0.2) is 0 Å². The predicted molar refractivity (Wildman–Crippen MR) is 139 cm³/mol. The van der Waals surface area contributed by atoms with Crippen LogP contribution in [-0.4, -0.2) is 70.7 Å². The number of piperazine rings is 1. The van der Waals surface area contributed by atoms with Gasteiger partial charge in [0, 0.05) is 43.5 Å². The van der Waals surface area contributed by atoms with Gasteiger partial charge in [0.2, 0.25) is 5.91 Å². The third-order valence-corrected chi connectivity index (χ3v) is 7.12. The summed E-state index contributed by atoms with van der Waals surface area (Å²) in [4.78, 5) is 54.5. The number of amides is 3. The van der Waals surface area contributed by atoms with Gasteiger partial charge in [-0.2, -0.15) is 0 Å². The van der Waals surface area contributed by atoms with Crippen LogP contribution in [-0.2, 0) is 9.59 Å². The average molecular weight is 518 g/mol. The Labute approximate surface area is 216 Å². The van der Waals surface area contributed by atoms with E-state index in [0.29, 0.717) is 43.3 Å². The molecular formula is C27H23N3O6S. The molecule has 9 nitrogen and oxygen atoms in total. The Morgan fingerprint density at radius 3 is 2.43 bits per heavy atom. The zero-order chi connectivity index (χ0) is 25.9. The Hall–Kier alpha value is -4.31. The zero-order valence-corrected chi connectivity index (χ0v) is 20.5. The first-order valence-electron chi connectivity index (χ1n) is 11.7. The summed E-state index contributed by atoms with van der Waals surface area (Å²) in [5.74, 6) is -1.09. The topological polar surface area (TPSA) is 111 Å². The third kappa shape index (κ3) is 5.29. The van der Waals surface area contributed by atoms with Gasteiger partial charge in [0.1, 0.15) is 18.1 Å². The standard InChI is InChI=1S/C27H23N3O6S/c31-24(29-13-11-28(12-14-29)20-7-2-1-3-8-20)17-30-25(32)23(37-27(30)35)16-21-9-10-22(36-21)18-5-4-6-19(15-18)26(33)34/h1-10,15-16H,11-14,17H2,(H,33,34)/b23-16-. The van der Waals surface area contributed by atoms with E-state index in [0.717, 1.165) is 22.3 Å². The minimum absolute atomic E-state index is 0.128. The fourth-order valence-corrected chi connectivity index (χ4v) is 5.06. The molecule has 0 radical (unpaired) electrons. The number of carbonyl (C=O) groups is 4. The van der Waals surface area contributed by atoms with Gasteiger partial charge in [-0.1, -0.05) is 30.3 Å². The molecule has 2 aromatic carbocycles. The minimum Gasteiger partial charge on any atom is -0.478 e. The summed E-state index contributed by atoms with van der Waals surface area (Å²) < 4.78 is 5.76. The van der Waals surface area contributed by atoms with Crippen molar-refractivity contribution in [2.75, 3.05) is 37.6 Å². The molecule has 0 spiro atoms. The summed E-state index contributed by atoms with van der Waals surface area (Å²) in [5, 5.41) is 8.68. The van der Waals surface area contributed by atoms with Gasteiger partial charge in [0.05, 0.1) is 10.5 Å². The van der Waals surface area contributed by atoms with Gasteiger partial charge >= 0.3 is 5.97 Å². The van der Waals surface area contributed by atoms with Gasteiger partial charge in [0.25, 0.3) is 11.1 Å². The molecule has 0 bridgehead atoms. The molecule has 0 unspecified atom stereocenters. The average Bonchev–Trinajstić information content (AvgIpc) is 3.49. The van der Waals surface area contributed by atoms with E-state index in [1.54, 1.807) is 29.2 Å². The highest BCUT2D eigenvalue weighted by molar-refractivity contribution is 8.18. The number of thioether (sulfide) groups is 1. The number of carbonyl (C=O) groups excluding carboxylic acids is 3. The molecule has 2 saturated heterocycles. The van der Waals surface area contributed by atoms with Gasteiger partial charge < -0.3 is 19.3 Å². The van der Waals surface area contributed by atoms with E-state index >= 15 is 0 Å². The van der Waals surface area contributed by atoms with Crippen LogP contribution in [0.2, 0.25) is 0 Å². The van der Waals surface area contributed by atoms with Gasteiger partial charge in [-0.15, -0.1) is 0 Å². The van der Waals surface area contributed by atoms with Crippen molar-refractivity contribution in [1.82, 2.24) is 9.80 Å². The maximum absolute atomic E-state index is 12.9. The number of carboxylic acid groups (broad SMARTS) is 1. The van der Waals surface area contributed by atoms with Crippen LogP contribution in [0, 0.1) is 0 Å². The second-order valence-corrected chi connectivity index (χ2v) is 9.55. The zero-order valence-electron chi connectivity index (χ0n) is 19.7. The predicted octanol–water partition coefficient (Wildman–Crippen LogP) is 4.03.